The van der Waals surface area contributed by atoms with Crippen LogP contribution in [0.4, 0.5) is 17.1 Å². The van der Waals surface area contributed by atoms with Gasteiger partial charge in [-0.3, -0.25) is 0 Å². The van der Waals surface area contributed by atoms with Crippen molar-refractivity contribution in [1.29, 1.82) is 0 Å². The van der Waals surface area contributed by atoms with E-state index in [1.165, 1.54) is 31.3 Å². The summed E-state index contributed by atoms with van der Waals surface area (Å²) in [5.74, 6) is 0. The van der Waals surface area contributed by atoms with Gasteiger partial charge in [0.1, 0.15) is 22.3 Å². The Kier molecular flexibility index (Phi) is 7.40. The molecular weight excluding hydrogens is 727 g/mol. The SMILES string of the molecule is c1ccc(-c2cccc3c2sc2cc(N(c4ccc(-c5cccc6c5oc5ccccc56)cc4)c4ccc(-c5cccc6c5oc5ccccc56)cc4)ccc23)cc1. The molecule has 0 aliphatic carbocycles. The Balaban J connectivity index is 0.990. The Morgan fingerprint density at radius 3 is 1.38 bits per heavy atom. The van der Waals surface area contributed by atoms with E-state index in [0.29, 0.717) is 0 Å². The van der Waals surface area contributed by atoms with Crippen LogP contribution in [0.2, 0.25) is 0 Å². The quantitative estimate of drug-likeness (QED) is 0.169. The average molecular weight is 760 g/mol. The van der Waals surface area contributed by atoms with Crippen LogP contribution in [0, 0.1) is 0 Å². The first-order valence-electron chi connectivity index (χ1n) is 19.6. The third-order valence-electron chi connectivity index (χ3n) is 11.5. The molecule has 3 aromatic heterocycles. The fourth-order valence-electron chi connectivity index (χ4n) is 8.75. The molecule has 0 amide bonds. The third kappa shape index (κ3) is 5.19. The Labute approximate surface area is 338 Å². The predicted molar refractivity (Wildman–Crippen MR) is 245 cm³/mol. The Morgan fingerprint density at radius 2 is 0.793 bits per heavy atom. The fourth-order valence-corrected chi connectivity index (χ4v) is 10.0. The maximum atomic E-state index is 6.43. The van der Waals surface area contributed by atoms with Gasteiger partial charge >= 0.3 is 0 Å². The van der Waals surface area contributed by atoms with Crippen LogP contribution in [0.25, 0.3) is 97.4 Å². The molecule has 0 atom stereocenters. The molecule has 0 spiro atoms. The summed E-state index contributed by atoms with van der Waals surface area (Å²) in [6.45, 7) is 0. The zero-order valence-corrected chi connectivity index (χ0v) is 32.0. The first-order chi connectivity index (χ1) is 28.7. The summed E-state index contributed by atoms with van der Waals surface area (Å²) in [4.78, 5) is 2.36. The molecule has 3 heterocycles. The molecule has 0 bridgehead atoms. The zero-order valence-electron chi connectivity index (χ0n) is 31.2. The van der Waals surface area contributed by atoms with E-state index in [2.05, 4.69) is 181 Å². The van der Waals surface area contributed by atoms with E-state index in [1.54, 1.807) is 0 Å². The number of hydrogen-bond donors (Lipinski definition) is 0. The van der Waals surface area contributed by atoms with E-state index in [1.807, 2.05) is 35.6 Å². The van der Waals surface area contributed by atoms with Crippen molar-refractivity contribution < 1.29 is 8.83 Å². The summed E-state index contributed by atoms with van der Waals surface area (Å²) in [7, 11) is 0. The van der Waals surface area contributed by atoms with Crippen LogP contribution in [0.3, 0.4) is 0 Å². The fraction of sp³-hybridized carbons (Fsp3) is 0. The van der Waals surface area contributed by atoms with Gasteiger partial charge in [-0.25, -0.2) is 0 Å². The van der Waals surface area contributed by atoms with Crippen molar-refractivity contribution in [3.8, 4) is 33.4 Å². The number of nitrogens with zero attached hydrogens (tertiary/aromatic N) is 1. The lowest BCUT2D eigenvalue weighted by Crippen LogP contribution is -2.09. The van der Waals surface area contributed by atoms with Gasteiger partial charge in [-0.2, -0.15) is 0 Å². The summed E-state index contributed by atoms with van der Waals surface area (Å²) in [6, 6.07) is 71.4. The first kappa shape index (κ1) is 32.8. The predicted octanol–water partition coefficient (Wildman–Crippen LogP) is 16.3. The van der Waals surface area contributed by atoms with Gasteiger partial charge in [0.15, 0.2) is 0 Å². The van der Waals surface area contributed by atoms with Crippen LogP contribution in [0.15, 0.2) is 209 Å². The topological polar surface area (TPSA) is 29.5 Å². The maximum absolute atomic E-state index is 6.43. The largest absolute Gasteiger partial charge is 0.455 e. The number of para-hydroxylation sites is 4. The van der Waals surface area contributed by atoms with Crippen molar-refractivity contribution in [3.05, 3.63) is 200 Å². The van der Waals surface area contributed by atoms with Crippen molar-refractivity contribution in [2.75, 3.05) is 4.90 Å². The van der Waals surface area contributed by atoms with E-state index in [-0.39, 0.29) is 0 Å². The average Bonchev–Trinajstić information content (AvgIpc) is 3.99. The molecule has 0 N–H and O–H groups in total. The van der Waals surface area contributed by atoms with Gasteiger partial charge in [-0.1, -0.05) is 152 Å². The van der Waals surface area contributed by atoms with Crippen LogP contribution in [0.1, 0.15) is 0 Å². The number of fused-ring (bicyclic) bond motifs is 9. The van der Waals surface area contributed by atoms with E-state index in [4.69, 9.17) is 8.83 Å². The van der Waals surface area contributed by atoms with Crippen molar-refractivity contribution in [2.24, 2.45) is 0 Å². The Bertz CT molecular complexity index is 3340. The second-order valence-electron chi connectivity index (χ2n) is 14.8. The van der Waals surface area contributed by atoms with Gasteiger partial charge in [-0.05, 0) is 70.8 Å². The molecule has 12 rings (SSSR count). The minimum Gasteiger partial charge on any atom is -0.455 e. The van der Waals surface area contributed by atoms with E-state index < -0.39 is 0 Å². The highest BCUT2D eigenvalue weighted by Gasteiger charge is 2.19. The minimum absolute atomic E-state index is 0.903. The molecule has 0 fully saturated rings. The highest BCUT2D eigenvalue weighted by atomic mass is 32.1. The summed E-state index contributed by atoms with van der Waals surface area (Å²) in [5, 5.41) is 7.08. The Morgan fingerprint density at radius 1 is 0.328 bits per heavy atom. The van der Waals surface area contributed by atoms with E-state index in [9.17, 15) is 0 Å². The summed E-state index contributed by atoms with van der Waals surface area (Å²) in [6.07, 6.45) is 0. The zero-order chi connectivity index (χ0) is 38.2. The third-order valence-corrected chi connectivity index (χ3v) is 12.7. The van der Waals surface area contributed by atoms with Gasteiger partial charge in [0.25, 0.3) is 0 Å². The van der Waals surface area contributed by atoms with Gasteiger partial charge in [0, 0.05) is 69.9 Å². The van der Waals surface area contributed by atoms with Gasteiger partial charge in [0.05, 0.1) is 0 Å². The Hall–Kier alpha value is -7.40. The molecule has 3 nitrogen and oxygen atoms in total. The van der Waals surface area contributed by atoms with E-state index in [0.717, 1.165) is 83.2 Å². The minimum atomic E-state index is 0.903. The highest BCUT2D eigenvalue weighted by Crippen LogP contribution is 2.45. The molecule has 0 aliphatic rings. The number of benzene rings is 9. The molecular formula is C54H33NO2S. The van der Waals surface area contributed by atoms with Gasteiger partial charge in [0.2, 0.25) is 0 Å². The van der Waals surface area contributed by atoms with Crippen molar-refractivity contribution in [1.82, 2.24) is 0 Å². The van der Waals surface area contributed by atoms with Crippen molar-refractivity contribution in [2.45, 2.75) is 0 Å². The number of anilines is 3. The number of furan rings is 2. The van der Waals surface area contributed by atoms with Crippen LogP contribution >= 0.6 is 11.3 Å². The number of rotatable bonds is 6. The molecule has 272 valence electrons. The van der Waals surface area contributed by atoms with Crippen LogP contribution in [-0.4, -0.2) is 0 Å². The van der Waals surface area contributed by atoms with E-state index >= 15 is 0 Å². The standard InChI is InChI=1S/C54H33NO2S/c1-2-11-34(12-3-1)42-17-10-20-48-45-32-31-39(33-51(45)58-54(42)48)55(37-27-23-35(24-28-37)40-15-8-18-46-43-13-4-6-21-49(43)56-52(40)46)38-29-25-36(26-30-38)41-16-9-19-47-44-14-5-7-22-50(44)57-53(41)47/h1-33H. The summed E-state index contributed by atoms with van der Waals surface area (Å²) < 4.78 is 15.4. The maximum Gasteiger partial charge on any atom is 0.143 e. The highest BCUT2D eigenvalue weighted by molar-refractivity contribution is 7.26. The van der Waals surface area contributed by atoms with Gasteiger partial charge in [-0.15, -0.1) is 11.3 Å². The molecule has 9 aromatic carbocycles. The second-order valence-corrected chi connectivity index (χ2v) is 15.9. The summed E-state index contributed by atoms with van der Waals surface area (Å²) in [5.41, 5.74) is 13.7. The first-order valence-corrected chi connectivity index (χ1v) is 20.4. The molecule has 58 heavy (non-hydrogen) atoms. The lowest BCUT2D eigenvalue weighted by molar-refractivity contribution is 0.669. The normalized spacial score (nSPS) is 11.8. The van der Waals surface area contributed by atoms with Crippen LogP contribution in [0.5, 0.6) is 0 Å². The van der Waals surface area contributed by atoms with Crippen molar-refractivity contribution >= 4 is 92.4 Å². The molecule has 0 unspecified atom stereocenters. The lowest BCUT2D eigenvalue weighted by atomic mass is 10.0. The molecule has 12 aromatic rings. The molecule has 0 saturated carbocycles. The van der Waals surface area contributed by atoms with Crippen molar-refractivity contribution in [3.63, 3.8) is 0 Å². The van der Waals surface area contributed by atoms with Gasteiger partial charge < -0.3 is 13.7 Å². The molecule has 4 heteroatoms. The molecule has 0 aliphatic heterocycles. The number of hydrogen-bond acceptors (Lipinski definition) is 4. The van der Waals surface area contributed by atoms with Crippen LogP contribution in [-0.2, 0) is 0 Å². The summed E-state index contributed by atoms with van der Waals surface area (Å²) >= 11 is 1.86. The second kappa shape index (κ2) is 13.1. The smallest absolute Gasteiger partial charge is 0.143 e. The molecule has 0 radical (unpaired) electrons. The number of thiophene rings is 1. The monoisotopic (exact) mass is 759 g/mol. The lowest BCUT2D eigenvalue weighted by Gasteiger charge is -2.26. The van der Waals surface area contributed by atoms with Crippen LogP contribution < -0.4 is 4.90 Å². The molecule has 0 saturated heterocycles.